The Labute approximate surface area is 135 Å². The van der Waals surface area contributed by atoms with Gasteiger partial charge in [-0.25, -0.2) is 0 Å². The van der Waals surface area contributed by atoms with Crippen molar-refractivity contribution in [1.29, 1.82) is 0 Å². The predicted octanol–water partition coefficient (Wildman–Crippen LogP) is 4.51. The molecule has 0 aliphatic rings. The molecule has 1 heterocycles. The van der Waals surface area contributed by atoms with Crippen molar-refractivity contribution in [1.82, 2.24) is 4.98 Å². The van der Waals surface area contributed by atoms with E-state index in [1.807, 2.05) is 0 Å². The highest BCUT2D eigenvalue weighted by atomic mass is 35.5. The van der Waals surface area contributed by atoms with Gasteiger partial charge in [-0.1, -0.05) is 29.3 Å². The normalized spacial score (nSPS) is 10.8. The Morgan fingerprint density at radius 2 is 2.00 bits per heavy atom. The summed E-state index contributed by atoms with van der Waals surface area (Å²) in [5.74, 6) is -0.895. The minimum Gasteiger partial charge on any atom is -0.481 e. The Bertz CT molecular complexity index is 861. The highest BCUT2D eigenvalue weighted by molar-refractivity contribution is 6.42. The van der Waals surface area contributed by atoms with Crippen LogP contribution in [-0.4, -0.2) is 16.1 Å². The zero-order valence-electron chi connectivity index (χ0n) is 11.1. The third-order valence-corrected chi connectivity index (χ3v) is 3.72. The number of carboxylic acids is 1. The summed E-state index contributed by atoms with van der Waals surface area (Å²) in [6, 6.07) is 10.5. The van der Waals surface area contributed by atoms with Crippen molar-refractivity contribution in [3.05, 3.63) is 52.0 Å². The Morgan fingerprint density at radius 3 is 2.73 bits per heavy atom. The van der Waals surface area contributed by atoms with Crippen LogP contribution in [0, 0.1) is 0 Å². The van der Waals surface area contributed by atoms with Crippen LogP contribution in [0.4, 0.5) is 11.7 Å². The number of aromatic nitrogens is 1. The first-order valence-corrected chi connectivity index (χ1v) is 7.10. The lowest BCUT2D eigenvalue weighted by molar-refractivity contribution is -0.136. The SMILES string of the molecule is O=C(O)Cc1ccc2nc(Nc3ccc(Cl)c(Cl)c3)oc2c1. The van der Waals surface area contributed by atoms with Gasteiger partial charge in [-0.15, -0.1) is 0 Å². The molecule has 0 atom stereocenters. The van der Waals surface area contributed by atoms with Crippen molar-refractivity contribution in [2.45, 2.75) is 6.42 Å². The standard InChI is InChI=1S/C15H10Cl2N2O3/c16-10-3-2-9(7-11(10)17)18-15-19-12-4-1-8(6-14(20)21)5-13(12)22-15/h1-5,7H,6H2,(H,18,19)(H,20,21). The second-order valence-corrected chi connectivity index (χ2v) is 5.46. The monoisotopic (exact) mass is 336 g/mol. The number of oxazole rings is 1. The number of rotatable bonds is 4. The van der Waals surface area contributed by atoms with Crippen molar-refractivity contribution in [3.63, 3.8) is 0 Å². The highest BCUT2D eigenvalue weighted by Gasteiger charge is 2.09. The van der Waals surface area contributed by atoms with E-state index in [1.165, 1.54) is 0 Å². The van der Waals surface area contributed by atoms with Gasteiger partial charge in [-0.05, 0) is 35.9 Å². The zero-order chi connectivity index (χ0) is 15.7. The summed E-state index contributed by atoms with van der Waals surface area (Å²) >= 11 is 11.8. The van der Waals surface area contributed by atoms with E-state index >= 15 is 0 Å². The molecule has 0 aliphatic heterocycles. The lowest BCUT2D eigenvalue weighted by Crippen LogP contribution is -1.99. The third kappa shape index (κ3) is 3.16. The fourth-order valence-corrected chi connectivity index (χ4v) is 2.30. The fraction of sp³-hybridized carbons (Fsp3) is 0.0667. The van der Waals surface area contributed by atoms with Crippen LogP contribution >= 0.6 is 23.2 Å². The van der Waals surface area contributed by atoms with Gasteiger partial charge in [0.15, 0.2) is 5.58 Å². The maximum atomic E-state index is 10.7. The van der Waals surface area contributed by atoms with Gasteiger partial charge in [-0.2, -0.15) is 4.98 Å². The summed E-state index contributed by atoms with van der Waals surface area (Å²) in [5, 5.41) is 12.7. The van der Waals surface area contributed by atoms with Crippen molar-refractivity contribution in [3.8, 4) is 0 Å². The average Bonchev–Trinajstić information content (AvgIpc) is 2.83. The molecule has 0 radical (unpaired) electrons. The number of nitrogens with one attached hydrogen (secondary N) is 1. The van der Waals surface area contributed by atoms with Gasteiger partial charge in [0, 0.05) is 5.69 Å². The van der Waals surface area contributed by atoms with Crippen LogP contribution in [0.25, 0.3) is 11.1 Å². The van der Waals surface area contributed by atoms with Gasteiger partial charge >= 0.3 is 5.97 Å². The molecule has 3 rings (SSSR count). The minimum atomic E-state index is -0.895. The topological polar surface area (TPSA) is 75.4 Å². The summed E-state index contributed by atoms with van der Waals surface area (Å²) in [6.45, 7) is 0. The Kier molecular flexibility index (Phi) is 3.92. The van der Waals surface area contributed by atoms with Gasteiger partial charge in [-0.3, -0.25) is 4.79 Å². The maximum absolute atomic E-state index is 10.7. The van der Waals surface area contributed by atoms with Crippen LogP contribution in [0.15, 0.2) is 40.8 Å². The van der Waals surface area contributed by atoms with Gasteiger partial charge < -0.3 is 14.8 Å². The molecule has 22 heavy (non-hydrogen) atoms. The molecule has 2 aromatic carbocycles. The van der Waals surface area contributed by atoms with Gasteiger partial charge in [0.1, 0.15) is 5.52 Å². The number of carboxylic acid groups (broad SMARTS) is 1. The average molecular weight is 337 g/mol. The summed E-state index contributed by atoms with van der Waals surface area (Å²) < 4.78 is 5.57. The number of anilines is 2. The molecule has 0 saturated heterocycles. The number of aliphatic carboxylic acids is 1. The van der Waals surface area contributed by atoms with Crippen molar-refractivity contribution < 1.29 is 14.3 Å². The first-order chi connectivity index (χ1) is 10.5. The molecule has 112 valence electrons. The van der Waals surface area contributed by atoms with Crippen LogP contribution < -0.4 is 5.32 Å². The molecule has 2 N–H and O–H groups in total. The lowest BCUT2D eigenvalue weighted by atomic mass is 10.1. The quantitative estimate of drug-likeness (QED) is 0.733. The second kappa shape index (κ2) is 5.87. The summed E-state index contributed by atoms with van der Waals surface area (Å²) in [6.07, 6.45) is -0.0633. The van der Waals surface area contributed by atoms with E-state index < -0.39 is 5.97 Å². The number of carbonyl (C=O) groups is 1. The highest BCUT2D eigenvalue weighted by Crippen LogP contribution is 2.28. The van der Waals surface area contributed by atoms with E-state index in [-0.39, 0.29) is 6.42 Å². The number of halogens is 2. The van der Waals surface area contributed by atoms with E-state index in [2.05, 4.69) is 10.3 Å². The second-order valence-electron chi connectivity index (χ2n) is 4.65. The van der Waals surface area contributed by atoms with E-state index in [4.69, 9.17) is 32.7 Å². The number of hydrogen-bond donors (Lipinski definition) is 2. The molecular formula is C15H10Cl2N2O3. The first kappa shape index (κ1) is 14.7. The third-order valence-electron chi connectivity index (χ3n) is 2.98. The fourth-order valence-electron chi connectivity index (χ4n) is 2.00. The molecule has 5 nitrogen and oxygen atoms in total. The number of hydrogen-bond acceptors (Lipinski definition) is 4. The van der Waals surface area contributed by atoms with Crippen molar-refractivity contribution >= 4 is 52.0 Å². The molecule has 0 fully saturated rings. The molecule has 0 saturated carbocycles. The van der Waals surface area contributed by atoms with E-state index in [1.54, 1.807) is 36.4 Å². The van der Waals surface area contributed by atoms with Crippen LogP contribution in [0.3, 0.4) is 0 Å². The maximum Gasteiger partial charge on any atom is 0.307 e. The lowest BCUT2D eigenvalue weighted by Gasteiger charge is -2.02. The number of fused-ring (bicyclic) bond motifs is 1. The van der Waals surface area contributed by atoms with Gasteiger partial charge in [0.2, 0.25) is 0 Å². The molecule has 1 aromatic heterocycles. The van der Waals surface area contributed by atoms with E-state index in [0.717, 1.165) is 0 Å². The van der Waals surface area contributed by atoms with E-state index in [0.29, 0.717) is 38.4 Å². The summed E-state index contributed by atoms with van der Waals surface area (Å²) in [4.78, 5) is 15.0. The van der Waals surface area contributed by atoms with Crippen LogP contribution in [0.5, 0.6) is 0 Å². The van der Waals surface area contributed by atoms with Gasteiger partial charge in [0.05, 0.1) is 16.5 Å². The smallest absolute Gasteiger partial charge is 0.307 e. The molecule has 0 amide bonds. The van der Waals surface area contributed by atoms with E-state index in [9.17, 15) is 4.79 Å². The van der Waals surface area contributed by atoms with Crippen LogP contribution in [-0.2, 0) is 11.2 Å². The van der Waals surface area contributed by atoms with Crippen LogP contribution in [0.1, 0.15) is 5.56 Å². The van der Waals surface area contributed by atoms with Crippen LogP contribution in [0.2, 0.25) is 10.0 Å². The molecule has 0 bridgehead atoms. The largest absolute Gasteiger partial charge is 0.481 e. The van der Waals surface area contributed by atoms with Crippen molar-refractivity contribution in [2.24, 2.45) is 0 Å². The number of nitrogens with zero attached hydrogens (tertiary/aromatic N) is 1. The van der Waals surface area contributed by atoms with Gasteiger partial charge in [0.25, 0.3) is 6.01 Å². The predicted molar refractivity (Wildman–Crippen MR) is 85.1 cm³/mol. The molecule has 0 unspecified atom stereocenters. The molecule has 0 aliphatic carbocycles. The molecule has 0 spiro atoms. The molecule has 7 heteroatoms. The Balaban J connectivity index is 1.88. The number of benzene rings is 2. The summed E-state index contributed by atoms with van der Waals surface area (Å²) in [5.41, 5.74) is 2.49. The molecular weight excluding hydrogens is 327 g/mol. The zero-order valence-corrected chi connectivity index (χ0v) is 12.6. The Morgan fingerprint density at radius 1 is 1.18 bits per heavy atom. The van der Waals surface area contributed by atoms with Crippen molar-refractivity contribution in [2.75, 3.05) is 5.32 Å². The first-order valence-electron chi connectivity index (χ1n) is 6.34. The minimum absolute atomic E-state index is 0.0633. The Hall–Kier alpha value is -2.24. The molecule has 3 aromatic rings. The summed E-state index contributed by atoms with van der Waals surface area (Å²) in [7, 11) is 0.